The minimum Gasteiger partial charge on any atom is -0.292 e. The van der Waals surface area contributed by atoms with Gasteiger partial charge in [0.1, 0.15) is 0 Å². The Morgan fingerprint density at radius 2 is 2.44 bits per heavy atom. The minimum absolute atomic E-state index is 0.215. The van der Waals surface area contributed by atoms with Crippen molar-refractivity contribution in [3.8, 4) is 0 Å². The first-order valence-electron chi connectivity index (χ1n) is 2.34. The van der Waals surface area contributed by atoms with Crippen molar-refractivity contribution in [1.82, 2.24) is 9.78 Å². The van der Waals surface area contributed by atoms with E-state index < -0.39 is 5.91 Å². The standard InChI is InChI=1S/C5H4N2O2/c8-4-5(9)7-3-1-2-6-7/h1-4H. The zero-order valence-corrected chi connectivity index (χ0v) is 4.52. The highest BCUT2D eigenvalue weighted by Crippen LogP contribution is 1.80. The topological polar surface area (TPSA) is 52.0 Å². The summed E-state index contributed by atoms with van der Waals surface area (Å²) in [4.78, 5) is 20.2. The maximum Gasteiger partial charge on any atom is 0.310 e. The number of aldehydes is 1. The lowest BCUT2D eigenvalue weighted by molar-refractivity contribution is -0.105. The van der Waals surface area contributed by atoms with Crippen LogP contribution in [0.15, 0.2) is 18.5 Å². The van der Waals surface area contributed by atoms with E-state index in [2.05, 4.69) is 5.10 Å². The summed E-state index contributed by atoms with van der Waals surface area (Å²) in [7, 11) is 0. The van der Waals surface area contributed by atoms with Crippen LogP contribution in [-0.2, 0) is 4.79 Å². The van der Waals surface area contributed by atoms with E-state index in [0.717, 1.165) is 4.68 Å². The Hall–Kier alpha value is -1.45. The van der Waals surface area contributed by atoms with Gasteiger partial charge in [0.25, 0.3) is 0 Å². The Balaban J connectivity index is 2.89. The summed E-state index contributed by atoms with van der Waals surface area (Å²) in [6.45, 7) is 0. The first kappa shape index (κ1) is 5.68. The van der Waals surface area contributed by atoms with Gasteiger partial charge in [-0.05, 0) is 6.07 Å². The average Bonchev–Trinajstić information content (AvgIpc) is 2.37. The van der Waals surface area contributed by atoms with E-state index in [9.17, 15) is 9.59 Å². The molecule has 0 amide bonds. The fraction of sp³-hybridized carbons (Fsp3) is 0. The highest BCUT2D eigenvalue weighted by molar-refractivity contribution is 6.24. The summed E-state index contributed by atoms with van der Waals surface area (Å²) < 4.78 is 0.965. The van der Waals surface area contributed by atoms with Gasteiger partial charge >= 0.3 is 5.91 Å². The Morgan fingerprint density at radius 1 is 1.67 bits per heavy atom. The van der Waals surface area contributed by atoms with Crippen molar-refractivity contribution in [2.24, 2.45) is 0 Å². The summed E-state index contributed by atoms with van der Waals surface area (Å²) in [5.74, 6) is -0.653. The van der Waals surface area contributed by atoms with Gasteiger partial charge in [0.15, 0.2) is 0 Å². The maximum atomic E-state index is 10.4. The Kier molecular flexibility index (Phi) is 1.40. The van der Waals surface area contributed by atoms with Crippen molar-refractivity contribution < 1.29 is 9.59 Å². The molecule has 0 aliphatic rings. The molecular weight excluding hydrogens is 120 g/mol. The maximum absolute atomic E-state index is 10.4. The molecule has 1 rings (SSSR count). The SMILES string of the molecule is O=CC(=O)n1cccn1. The van der Waals surface area contributed by atoms with Crippen LogP contribution in [0.25, 0.3) is 0 Å². The lowest BCUT2D eigenvalue weighted by Crippen LogP contribution is -2.11. The van der Waals surface area contributed by atoms with Gasteiger partial charge in [0.2, 0.25) is 6.29 Å². The van der Waals surface area contributed by atoms with Crippen molar-refractivity contribution in [3.63, 3.8) is 0 Å². The van der Waals surface area contributed by atoms with Crippen molar-refractivity contribution in [2.45, 2.75) is 0 Å². The Bertz CT molecular complexity index is 215. The van der Waals surface area contributed by atoms with Crippen LogP contribution in [-0.4, -0.2) is 22.0 Å². The van der Waals surface area contributed by atoms with Crippen LogP contribution < -0.4 is 0 Å². The molecule has 0 N–H and O–H groups in total. The number of nitrogens with zero attached hydrogens (tertiary/aromatic N) is 2. The lowest BCUT2D eigenvalue weighted by Gasteiger charge is -1.85. The van der Waals surface area contributed by atoms with E-state index in [1.165, 1.54) is 12.4 Å². The number of hydrogen-bond donors (Lipinski definition) is 0. The van der Waals surface area contributed by atoms with E-state index in [4.69, 9.17) is 0 Å². The molecule has 0 radical (unpaired) electrons. The van der Waals surface area contributed by atoms with Crippen LogP contribution in [0.5, 0.6) is 0 Å². The van der Waals surface area contributed by atoms with E-state index in [0.29, 0.717) is 0 Å². The van der Waals surface area contributed by atoms with Crippen molar-refractivity contribution in [2.75, 3.05) is 0 Å². The van der Waals surface area contributed by atoms with Crippen LogP contribution in [0.2, 0.25) is 0 Å². The molecule has 9 heavy (non-hydrogen) atoms. The molecule has 0 aromatic carbocycles. The Morgan fingerprint density at radius 3 is 2.89 bits per heavy atom. The summed E-state index contributed by atoms with van der Waals surface area (Å²) >= 11 is 0. The van der Waals surface area contributed by atoms with Crippen molar-refractivity contribution in [1.29, 1.82) is 0 Å². The van der Waals surface area contributed by atoms with Gasteiger partial charge in [0, 0.05) is 12.4 Å². The molecule has 1 aromatic heterocycles. The summed E-state index contributed by atoms with van der Waals surface area (Å²) in [5, 5.41) is 3.52. The van der Waals surface area contributed by atoms with E-state index >= 15 is 0 Å². The molecule has 0 unspecified atom stereocenters. The summed E-state index contributed by atoms with van der Waals surface area (Å²) in [5.41, 5.74) is 0. The first-order valence-corrected chi connectivity index (χ1v) is 2.34. The first-order chi connectivity index (χ1) is 4.34. The largest absolute Gasteiger partial charge is 0.310 e. The van der Waals surface area contributed by atoms with Crippen LogP contribution in [0.1, 0.15) is 4.79 Å². The van der Waals surface area contributed by atoms with Crippen molar-refractivity contribution >= 4 is 12.2 Å². The lowest BCUT2D eigenvalue weighted by atomic mass is 10.7. The minimum atomic E-state index is -0.653. The monoisotopic (exact) mass is 124 g/mol. The van der Waals surface area contributed by atoms with Gasteiger partial charge in [-0.3, -0.25) is 9.59 Å². The smallest absolute Gasteiger partial charge is 0.292 e. The molecule has 46 valence electrons. The van der Waals surface area contributed by atoms with Crippen LogP contribution in [0.4, 0.5) is 0 Å². The zero-order chi connectivity index (χ0) is 6.69. The number of carbonyl (C=O) groups excluding carboxylic acids is 2. The molecule has 4 heteroatoms. The third kappa shape index (κ3) is 1.02. The number of hydrogen-bond acceptors (Lipinski definition) is 3. The fourth-order valence-corrected chi connectivity index (χ4v) is 0.453. The molecule has 0 saturated carbocycles. The van der Waals surface area contributed by atoms with E-state index in [1.54, 1.807) is 6.07 Å². The number of aromatic nitrogens is 2. The molecule has 4 nitrogen and oxygen atoms in total. The van der Waals surface area contributed by atoms with Gasteiger partial charge in [0.05, 0.1) is 0 Å². The van der Waals surface area contributed by atoms with Crippen LogP contribution in [0, 0.1) is 0 Å². The third-order valence-electron chi connectivity index (χ3n) is 0.831. The number of carbonyl (C=O) groups is 2. The van der Waals surface area contributed by atoms with Gasteiger partial charge in [-0.2, -0.15) is 5.10 Å². The molecule has 1 aromatic rings. The van der Waals surface area contributed by atoms with Crippen LogP contribution in [0.3, 0.4) is 0 Å². The fourth-order valence-electron chi connectivity index (χ4n) is 0.453. The predicted octanol–water partition coefficient (Wildman–Crippen LogP) is -0.278. The highest BCUT2D eigenvalue weighted by Gasteiger charge is 1.98. The molecule has 0 fully saturated rings. The van der Waals surface area contributed by atoms with E-state index in [-0.39, 0.29) is 6.29 Å². The quantitative estimate of drug-likeness (QED) is 0.382. The van der Waals surface area contributed by atoms with Crippen molar-refractivity contribution in [3.05, 3.63) is 18.5 Å². The average molecular weight is 124 g/mol. The second kappa shape index (κ2) is 2.21. The zero-order valence-electron chi connectivity index (χ0n) is 4.52. The van der Waals surface area contributed by atoms with Gasteiger partial charge in [-0.25, -0.2) is 4.68 Å². The number of rotatable bonds is 1. The third-order valence-corrected chi connectivity index (χ3v) is 0.831. The summed E-state index contributed by atoms with van der Waals surface area (Å²) in [6, 6.07) is 1.57. The molecule has 0 atom stereocenters. The van der Waals surface area contributed by atoms with Gasteiger partial charge in [-0.1, -0.05) is 0 Å². The molecular formula is C5H4N2O2. The second-order valence-electron chi connectivity index (χ2n) is 1.41. The molecule has 0 spiro atoms. The molecule has 0 aliphatic heterocycles. The van der Waals surface area contributed by atoms with Gasteiger partial charge < -0.3 is 0 Å². The predicted molar refractivity (Wildman–Crippen MR) is 28.9 cm³/mol. The van der Waals surface area contributed by atoms with Crippen LogP contribution >= 0.6 is 0 Å². The van der Waals surface area contributed by atoms with Gasteiger partial charge in [-0.15, -0.1) is 0 Å². The second-order valence-corrected chi connectivity index (χ2v) is 1.41. The Labute approximate surface area is 51.1 Å². The molecule has 0 aliphatic carbocycles. The summed E-state index contributed by atoms with van der Waals surface area (Å²) in [6.07, 6.45) is 3.06. The van der Waals surface area contributed by atoms with E-state index in [1.807, 2.05) is 0 Å². The normalized spacial score (nSPS) is 8.89. The highest BCUT2D eigenvalue weighted by atomic mass is 16.2. The molecule has 0 saturated heterocycles. The molecule has 1 heterocycles. The molecule has 0 bridgehead atoms.